The largest absolute Gasteiger partial charge is 0.487 e. The fourth-order valence-corrected chi connectivity index (χ4v) is 4.61. The fourth-order valence-electron chi connectivity index (χ4n) is 3.70. The van der Waals surface area contributed by atoms with Gasteiger partial charge in [-0.05, 0) is 45.4 Å². The molecule has 0 aromatic heterocycles. The lowest BCUT2D eigenvalue weighted by atomic mass is 9.89. The Morgan fingerprint density at radius 3 is 2.55 bits per heavy atom. The predicted molar refractivity (Wildman–Crippen MR) is 115 cm³/mol. The molecule has 0 saturated heterocycles. The van der Waals surface area contributed by atoms with Crippen molar-refractivity contribution in [3.63, 3.8) is 0 Å². The standard InChI is InChI=1S/C22H28N2O4S/c1-15-10-11-20-17(12-15)18(13-22(3,4)28-20)23-21(25)14-24(29(5,26)27)19-9-7-6-8-16(19)2/h6-12,18H,13-14H2,1-5H3,(H,23,25). The molecule has 0 aliphatic carbocycles. The molecule has 1 amide bonds. The normalized spacial score (nSPS) is 17.8. The first-order valence-corrected chi connectivity index (χ1v) is 11.4. The number of anilines is 1. The van der Waals surface area contributed by atoms with Crippen LogP contribution < -0.4 is 14.4 Å². The van der Waals surface area contributed by atoms with Crippen molar-refractivity contribution in [2.45, 2.75) is 45.8 Å². The molecule has 0 radical (unpaired) electrons. The minimum absolute atomic E-state index is 0.251. The average molecular weight is 417 g/mol. The molecule has 1 N–H and O–H groups in total. The zero-order chi connectivity index (χ0) is 21.4. The molecule has 3 rings (SSSR count). The van der Waals surface area contributed by atoms with E-state index in [9.17, 15) is 13.2 Å². The lowest BCUT2D eigenvalue weighted by molar-refractivity contribution is -0.120. The first-order chi connectivity index (χ1) is 13.5. The third kappa shape index (κ3) is 4.90. The molecule has 0 fully saturated rings. The van der Waals surface area contributed by atoms with Crippen molar-refractivity contribution < 1.29 is 17.9 Å². The molecule has 7 heteroatoms. The molecular formula is C22H28N2O4S. The van der Waals surface area contributed by atoms with Gasteiger partial charge in [-0.15, -0.1) is 0 Å². The second-order valence-corrected chi connectivity index (χ2v) is 10.2. The van der Waals surface area contributed by atoms with E-state index in [-0.39, 0.29) is 18.5 Å². The summed E-state index contributed by atoms with van der Waals surface area (Å²) in [6.07, 6.45) is 1.71. The molecule has 1 unspecified atom stereocenters. The SMILES string of the molecule is Cc1ccc2c(c1)C(NC(=O)CN(c1ccccc1C)S(C)(=O)=O)CC(C)(C)O2. The van der Waals surface area contributed by atoms with Gasteiger partial charge in [-0.25, -0.2) is 8.42 Å². The first-order valence-electron chi connectivity index (χ1n) is 9.58. The fraction of sp³-hybridized carbons (Fsp3) is 0.409. The number of carbonyl (C=O) groups excluding carboxylic acids is 1. The maximum atomic E-state index is 12.9. The van der Waals surface area contributed by atoms with Gasteiger partial charge in [-0.1, -0.05) is 35.9 Å². The van der Waals surface area contributed by atoms with Gasteiger partial charge in [-0.3, -0.25) is 9.10 Å². The monoisotopic (exact) mass is 416 g/mol. The topological polar surface area (TPSA) is 75.7 Å². The molecule has 6 nitrogen and oxygen atoms in total. The summed E-state index contributed by atoms with van der Waals surface area (Å²) < 4.78 is 32.0. The van der Waals surface area contributed by atoms with Crippen molar-refractivity contribution in [2.24, 2.45) is 0 Å². The minimum atomic E-state index is -3.62. The van der Waals surface area contributed by atoms with Crippen LogP contribution in [0.15, 0.2) is 42.5 Å². The summed E-state index contributed by atoms with van der Waals surface area (Å²) in [5, 5.41) is 3.02. The summed E-state index contributed by atoms with van der Waals surface area (Å²) in [6, 6.07) is 12.8. The molecule has 1 aliphatic heterocycles. The molecule has 1 heterocycles. The summed E-state index contributed by atoms with van der Waals surface area (Å²) in [4.78, 5) is 12.9. The number of rotatable bonds is 5. The van der Waals surface area contributed by atoms with E-state index in [2.05, 4.69) is 5.32 Å². The van der Waals surface area contributed by atoms with E-state index in [0.717, 1.165) is 33.0 Å². The number of aryl methyl sites for hydroxylation is 2. The van der Waals surface area contributed by atoms with E-state index in [4.69, 9.17) is 4.74 Å². The lowest BCUT2D eigenvalue weighted by Crippen LogP contribution is -2.45. The van der Waals surface area contributed by atoms with Crippen LogP contribution in [0.1, 0.15) is 43.0 Å². The summed E-state index contributed by atoms with van der Waals surface area (Å²) in [5.41, 5.74) is 2.85. The van der Waals surface area contributed by atoms with Crippen LogP contribution in [0.5, 0.6) is 5.75 Å². The highest BCUT2D eigenvalue weighted by molar-refractivity contribution is 7.92. The Balaban J connectivity index is 1.86. The van der Waals surface area contributed by atoms with Gasteiger partial charge in [0.2, 0.25) is 15.9 Å². The summed E-state index contributed by atoms with van der Waals surface area (Å²) in [5.74, 6) is 0.393. The Labute approximate surface area is 172 Å². The number of hydrogen-bond acceptors (Lipinski definition) is 4. The third-order valence-corrected chi connectivity index (χ3v) is 6.16. The van der Waals surface area contributed by atoms with Gasteiger partial charge in [0.1, 0.15) is 17.9 Å². The molecule has 0 spiro atoms. The van der Waals surface area contributed by atoms with E-state index in [1.165, 1.54) is 0 Å². The van der Waals surface area contributed by atoms with E-state index in [0.29, 0.717) is 12.1 Å². The van der Waals surface area contributed by atoms with Gasteiger partial charge in [0.05, 0.1) is 18.0 Å². The average Bonchev–Trinajstić information content (AvgIpc) is 2.59. The van der Waals surface area contributed by atoms with E-state index in [1.54, 1.807) is 12.1 Å². The van der Waals surface area contributed by atoms with Crippen molar-refractivity contribution in [1.82, 2.24) is 5.32 Å². The number of hydrogen-bond donors (Lipinski definition) is 1. The number of sulfonamides is 1. The number of amides is 1. The highest BCUT2D eigenvalue weighted by atomic mass is 32.2. The number of nitrogens with one attached hydrogen (secondary N) is 1. The van der Waals surface area contributed by atoms with Crippen LogP contribution in [0.4, 0.5) is 5.69 Å². The van der Waals surface area contributed by atoms with Crippen LogP contribution in [0.2, 0.25) is 0 Å². The van der Waals surface area contributed by atoms with Gasteiger partial charge >= 0.3 is 0 Å². The number of ether oxygens (including phenoxy) is 1. The molecule has 2 aromatic carbocycles. The van der Waals surface area contributed by atoms with Gasteiger partial charge in [0, 0.05) is 12.0 Å². The maximum Gasteiger partial charge on any atom is 0.241 e. The highest BCUT2D eigenvalue weighted by Gasteiger charge is 2.35. The Morgan fingerprint density at radius 1 is 1.21 bits per heavy atom. The summed E-state index contributed by atoms with van der Waals surface area (Å²) in [6.45, 7) is 7.49. The Kier molecular flexibility index (Phi) is 5.63. The molecule has 0 saturated carbocycles. The second kappa shape index (κ2) is 7.71. The van der Waals surface area contributed by atoms with Gasteiger partial charge in [0.25, 0.3) is 0 Å². The van der Waals surface area contributed by atoms with Gasteiger partial charge in [-0.2, -0.15) is 0 Å². The maximum absolute atomic E-state index is 12.9. The van der Waals surface area contributed by atoms with Crippen molar-refractivity contribution in [2.75, 3.05) is 17.1 Å². The number of fused-ring (bicyclic) bond motifs is 1. The Morgan fingerprint density at radius 2 is 1.90 bits per heavy atom. The molecule has 0 bridgehead atoms. The van der Waals surface area contributed by atoms with Gasteiger partial charge in [0.15, 0.2) is 0 Å². The van der Waals surface area contributed by atoms with Crippen molar-refractivity contribution in [1.29, 1.82) is 0 Å². The van der Waals surface area contributed by atoms with Crippen LogP contribution in [-0.4, -0.2) is 32.7 Å². The molecular weight excluding hydrogens is 388 g/mol. The highest BCUT2D eigenvalue weighted by Crippen LogP contribution is 2.39. The predicted octanol–water partition coefficient (Wildman–Crippen LogP) is 3.49. The molecule has 156 valence electrons. The van der Waals surface area contributed by atoms with Crippen LogP contribution in [0.3, 0.4) is 0 Å². The summed E-state index contributed by atoms with van der Waals surface area (Å²) >= 11 is 0. The van der Waals surface area contributed by atoms with Crippen molar-refractivity contribution in [3.8, 4) is 5.75 Å². The van der Waals surface area contributed by atoms with Crippen molar-refractivity contribution in [3.05, 3.63) is 59.2 Å². The summed E-state index contributed by atoms with van der Waals surface area (Å²) in [7, 11) is -3.62. The third-order valence-electron chi connectivity index (χ3n) is 5.03. The van der Waals surface area contributed by atoms with E-state index < -0.39 is 15.6 Å². The smallest absolute Gasteiger partial charge is 0.241 e. The number of nitrogens with zero attached hydrogens (tertiary/aromatic N) is 1. The van der Waals surface area contributed by atoms with Gasteiger partial charge < -0.3 is 10.1 Å². The number of para-hydroxylation sites is 1. The second-order valence-electron chi connectivity index (χ2n) is 8.28. The number of benzene rings is 2. The minimum Gasteiger partial charge on any atom is -0.487 e. The van der Waals surface area contributed by atoms with E-state index in [1.807, 2.05) is 58.0 Å². The van der Waals surface area contributed by atoms with E-state index >= 15 is 0 Å². The van der Waals surface area contributed by atoms with Crippen LogP contribution in [0.25, 0.3) is 0 Å². The Bertz CT molecular complexity index is 1030. The lowest BCUT2D eigenvalue weighted by Gasteiger charge is -2.38. The molecule has 29 heavy (non-hydrogen) atoms. The zero-order valence-electron chi connectivity index (χ0n) is 17.5. The molecule has 2 aromatic rings. The first kappa shape index (κ1) is 21.2. The van der Waals surface area contributed by atoms with Crippen LogP contribution in [0, 0.1) is 13.8 Å². The van der Waals surface area contributed by atoms with Crippen LogP contribution >= 0.6 is 0 Å². The molecule has 1 aliphatic rings. The Hall–Kier alpha value is -2.54. The zero-order valence-corrected chi connectivity index (χ0v) is 18.3. The quantitative estimate of drug-likeness (QED) is 0.810. The van der Waals surface area contributed by atoms with Crippen molar-refractivity contribution >= 4 is 21.6 Å². The molecule has 1 atom stereocenters. The number of carbonyl (C=O) groups is 1. The van der Waals surface area contributed by atoms with Crippen LogP contribution in [-0.2, 0) is 14.8 Å².